The van der Waals surface area contributed by atoms with E-state index in [4.69, 9.17) is 4.74 Å². The van der Waals surface area contributed by atoms with Gasteiger partial charge in [-0.15, -0.1) is 11.3 Å². The molecule has 0 aliphatic carbocycles. The normalized spacial score (nSPS) is 11.3. The summed E-state index contributed by atoms with van der Waals surface area (Å²) in [7, 11) is 1.76. The number of nitrogens with zero attached hydrogens (tertiary/aromatic N) is 3. The molecule has 0 unspecified atom stereocenters. The Morgan fingerprint density at radius 3 is 2.64 bits per heavy atom. The number of ether oxygens (including phenoxy) is 1. The first kappa shape index (κ1) is 19.8. The van der Waals surface area contributed by atoms with Crippen molar-refractivity contribution in [3.63, 3.8) is 0 Å². The van der Waals surface area contributed by atoms with Crippen LogP contribution in [0.25, 0.3) is 0 Å². The van der Waals surface area contributed by atoms with E-state index in [2.05, 4.69) is 32.5 Å². The predicted molar refractivity (Wildman–Crippen MR) is 114 cm³/mol. The molecule has 0 saturated carbocycles. The van der Waals surface area contributed by atoms with Crippen molar-refractivity contribution in [3.05, 3.63) is 75.9 Å². The predicted octanol–water partition coefficient (Wildman–Crippen LogP) is 3.54. The standard InChI is InChI=1S/C21H25N5OS/c1-3-18-13-24-20(28-18)14-26-21(22-2)25-12-17-9-10-23-19(11-17)27-15-16-7-5-4-6-8-16/h4-11,13H,3,12,14-15H2,1-2H3,(H2,22,25,26). The number of aryl methyl sites for hydroxylation is 1. The second-order valence-electron chi connectivity index (χ2n) is 6.13. The summed E-state index contributed by atoms with van der Waals surface area (Å²) in [5, 5.41) is 7.66. The number of nitrogens with one attached hydrogen (secondary N) is 2. The van der Waals surface area contributed by atoms with Crippen molar-refractivity contribution in [2.75, 3.05) is 7.05 Å². The molecule has 0 bridgehead atoms. The van der Waals surface area contributed by atoms with Gasteiger partial charge in [0.25, 0.3) is 0 Å². The smallest absolute Gasteiger partial charge is 0.213 e. The Hall–Kier alpha value is -2.93. The summed E-state index contributed by atoms with van der Waals surface area (Å²) in [6.07, 6.45) is 4.71. The first-order valence-corrected chi connectivity index (χ1v) is 10.1. The summed E-state index contributed by atoms with van der Waals surface area (Å²) < 4.78 is 5.79. The van der Waals surface area contributed by atoms with Crippen molar-refractivity contribution in [3.8, 4) is 5.88 Å². The van der Waals surface area contributed by atoms with Gasteiger partial charge in [0, 0.05) is 36.9 Å². The molecule has 2 heterocycles. The van der Waals surface area contributed by atoms with Gasteiger partial charge in [0.1, 0.15) is 11.6 Å². The zero-order valence-corrected chi connectivity index (χ0v) is 17.0. The molecule has 3 rings (SSSR count). The van der Waals surface area contributed by atoms with Gasteiger partial charge in [-0.1, -0.05) is 37.3 Å². The monoisotopic (exact) mass is 395 g/mol. The van der Waals surface area contributed by atoms with Crippen LogP contribution in [0.15, 0.2) is 59.9 Å². The number of aliphatic imine (C=N–C) groups is 1. The van der Waals surface area contributed by atoms with E-state index in [0.29, 0.717) is 25.6 Å². The number of hydrogen-bond acceptors (Lipinski definition) is 5. The highest BCUT2D eigenvalue weighted by Crippen LogP contribution is 2.13. The van der Waals surface area contributed by atoms with Crippen LogP contribution < -0.4 is 15.4 Å². The fourth-order valence-corrected chi connectivity index (χ4v) is 3.33. The van der Waals surface area contributed by atoms with Crippen LogP contribution >= 0.6 is 11.3 Å². The molecule has 6 nitrogen and oxygen atoms in total. The summed E-state index contributed by atoms with van der Waals surface area (Å²) in [5.41, 5.74) is 2.19. The number of pyridine rings is 1. The molecular weight excluding hydrogens is 370 g/mol. The number of guanidine groups is 1. The average Bonchev–Trinajstić information content (AvgIpc) is 3.21. The molecule has 3 aromatic rings. The van der Waals surface area contributed by atoms with Gasteiger partial charge in [0.2, 0.25) is 5.88 Å². The number of benzene rings is 1. The Bertz CT molecular complexity index is 895. The van der Waals surface area contributed by atoms with Crippen LogP contribution in [0.1, 0.15) is 27.9 Å². The van der Waals surface area contributed by atoms with Crippen molar-refractivity contribution < 1.29 is 4.74 Å². The maximum absolute atomic E-state index is 5.79. The molecule has 2 N–H and O–H groups in total. The Morgan fingerprint density at radius 2 is 1.89 bits per heavy atom. The van der Waals surface area contributed by atoms with E-state index in [1.165, 1.54) is 4.88 Å². The van der Waals surface area contributed by atoms with Gasteiger partial charge in [0.05, 0.1) is 6.54 Å². The van der Waals surface area contributed by atoms with Crippen LogP contribution in [-0.2, 0) is 26.1 Å². The quantitative estimate of drug-likeness (QED) is 0.451. The third kappa shape index (κ3) is 6.06. The number of aromatic nitrogens is 2. The first-order chi connectivity index (χ1) is 13.8. The van der Waals surface area contributed by atoms with E-state index in [1.807, 2.05) is 48.7 Å². The highest BCUT2D eigenvalue weighted by molar-refractivity contribution is 7.11. The van der Waals surface area contributed by atoms with Gasteiger partial charge in [0.15, 0.2) is 5.96 Å². The zero-order chi connectivity index (χ0) is 19.6. The van der Waals surface area contributed by atoms with Crippen LogP contribution in [0.3, 0.4) is 0 Å². The average molecular weight is 396 g/mol. The summed E-state index contributed by atoms with van der Waals surface area (Å²) in [6, 6.07) is 14.0. The number of thiazole rings is 1. The highest BCUT2D eigenvalue weighted by atomic mass is 32.1. The van der Waals surface area contributed by atoms with Crippen molar-refractivity contribution in [2.24, 2.45) is 4.99 Å². The van der Waals surface area contributed by atoms with Crippen molar-refractivity contribution in [1.29, 1.82) is 0 Å². The van der Waals surface area contributed by atoms with Crippen molar-refractivity contribution >= 4 is 17.3 Å². The van der Waals surface area contributed by atoms with Crippen LogP contribution in [0.4, 0.5) is 0 Å². The molecule has 7 heteroatoms. The topological polar surface area (TPSA) is 71.4 Å². The lowest BCUT2D eigenvalue weighted by atomic mass is 10.2. The molecule has 0 radical (unpaired) electrons. The van der Waals surface area contributed by atoms with Gasteiger partial charge in [-0.25, -0.2) is 9.97 Å². The molecule has 0 atom stereocenters. The van der Waals surface area contributed by atoms with E-state index in [-0.39, 0.29) is 0 Å². The lowest BCUT2D eigenvalue weighted by Gasteiger charge is -2.12. The van der Waals surface area contributed by atoms with Crippen LogP contribution in [0, 0.1) is 0 Å². The maximum atomic E-state index is 5.79. The van der Waals surface area contributed by atoms with E-state index in [0.717, 1.165) is 28.5 Å². The first-order valence-electron chi connectivity index (χ1n) is 9.26. The minimum atomic E-state index is 0.501. The molecule has 0 saturated heterocycles. The molecule has 0 fully saturated rings. The molecule has 0 aliphatic heterocycles. The SMILES string of the molecule is CCc1cnc(CNC(=NC)NCc2ccnc(OCc3ccccc3)c2)s1. The van der Waals surface area contributed by atoms with Crippen molar-refractivity contribution in [2.45, 2.75) is 33.0 Å². The van der Waals surface area contributed by atoms with Crippen LogP contribution in [0.2, 0.25) is 0 Å². The van der Waals surface area contributed by atoms with Gasteiger partial charge in [-0.3, -0.25) is 4.99 Å². The lowest BCUT2D eigenvalue weighted by molar-refractivity contribution is 0.293. The zero-order valence-electron chi connectivity index (χ0n) is 16.2. The second-order valence-corrected chi connectivity index (χ2v) is 7.33. The molecule has 0 amide bonds. The third-order valence-corrected chi connectivity index (χ3v) is 5.21. The summed E-state index contributed by atoms with van der Waals surface area (Å²) in [6.45, 7) is 3.92. The number of hydrogen-bond donors (Lipinski definition) is 2. The molecule has 146 valence electrons. The van der Waals surface area contributed by atoms with E-state index in [1.54, 1.807) is 24.6 Å². The minimum absolute atomic E-state index is 0.501. The van der Waals surface area contributed by atoms with E-state index >= 15 is 0 Å². The summed E-state index contributed by atoms with van der Waals surface area (Å²) in [4.78, 5) is 14.3. The molecule has 1 aromatic carbocycles. The highest BCUT2D eigenvalue weighted by Gasteiger charge is 2.04. The van der Waals surface area contributed by atoms with Gasteiger partial charge >= 0.3 is 0 Å². The Balaban J connectivity index is 1.48. The van der Waals surface area contributed by atoms with Gasteiger partial charge in [-0.2, -0.15) is 0 Å². The Morgan fingerprint density at radius 1 is 1.07 bits per heavy atom. The molecule has 0 aliphatic rings. The van der Waals surface area contributed by atoms with E-state index in [9.17, 15) is 0 Å². The maximum Gasteiger partial charge on any atom is 0.213 e. The molecule has 2 aromatic heterocycles. The summed E-state index contributed by atoms with van der Waals surface area (Å²) >= 11 is 1.72. The minimum Gasteiger partial charge on any atom is -0.473 e. The van der Waals surface area contributed by atoms with E-state index < -0.39 is 0 Å². The molecule has 28 heavy (non-hydrogen) atoms. The van der Waals surface area contributed by atoms with Gasteiger partial charge < -0.3 is 15.4 Å². The largest absolute Gasteiger partial charge is 0.473 e. The third-order valence-electron chi connectivity index (χ3n) is 4.07. The number of rotatable bonds is 8. The fraction of sp³-hybridized carbons (Fsp3) is 0.286. The molecular formula is C21H25N5OS. The van der Waals surface area contributed by atoms with Crippen LogP contribution in [-0.4, -0.2) is 23.0 Å². The lowest BCUT2D eigenvalue weighted by Crippen LogP contribution is -2.36. The second kappa shape index (κ2) is 10.4. The Kier molecular flexibility index (Phi) is 7.37. The Labute approximate surface area is 169 Å². The fourth-order valence-electron chi connectivity index (χ4n) is 2.53. The van der Waals surface area contributed by atoms with Gasteiger partial charge in [-0.05, 0) is 23.6 Å². The molecule has 0 spiro atoms. The van der Waals surface area contributed by atoms with Crippen LogP contribution in [0.5, 0.6) is 5.88 Å². The van der Waals surface area contributed by atoms with Crippen molar-refractivity contribution in [1.82, 2.24) is 20.6 Å². The summed E-state index contributed by atoms with van der Waals surface area (Å²) in [5.74, 6) is 1.35.